The second-order valence-corrected chi connectivity index (χ2v) is 9.24. The van der Waals surface area contributed by atoms with Gasteiger partial charge in [-0.1, -0.05) is 44.2 Å². The van der Waals surface area contributed by atoms with Gasteiger partial charge in [0.05, 0.1) is 23.6 Å². The quantitative estimate of drug-likeness (QED) is 0.322. The van der Waals surface area contributed by atoms with Crippen molar-refractivity contribution < 1.29 is 42.1 Å². The lowest BCUT2D eigenvalue weighted by Gasteiger charge is -2.27. The number of aliphatic hydroxyl groups is 1. The molecule has 2 atom stereocenters. The second-order valence-electron chi connectivity index (χ2n) is 9.24. The summed E-state index contributed by atoms with van der Waals surface area (Å²) in [6.45, 7) is 4.81. The summed E-state index contributed by atoms with van der Waals surface area (Å²) in [5.74, 6) is -3.49. The predicted octanol–water partition coefficient (Wildman–Crippen LogP) is 4.76. The number of carbonyl (C=O) groups excluding carboxylic acids is 1. The van der Waals surface area contributed by atoms with Gasteiger partial charge in [-0.3, -0.25) is 9.59 Å². The maximum atomic E-state index is 14.6. The van der Waals surface area contributed by atoms with Gasteiger partial charge in [0, 0.05) is 6.07 Å². The van der Waals surface area contributed by atoms with Gasteiger partial charge in [-0.2, -0.15) is 23.0 Å². The van der Waals surface area contributed by atoms with Gasteiger partial charge in [-0.25, -0.2) is 4.39 Å². The average molecular weight is 538 g/mol. The first-order chi connectivity index (χ1) is 17.7. The van der Waals surface area contributed by atoms with E-state index in [1.165, 1.54) is 31.2 Å². The second kappa shape index (κ2) is 11.2. The summed E-state index contributed by atoms with van der Waals surface area (Å²) in [5, 5.41) is 26.2. The lowest BCUT2D eigenvalue weighted by Crippen LogP contribution is -2.38. The van der Waals surface area contributed by atoms with Crippen molar-refractivity contribution in [1.29, 1.82) is 0 Å². The molecule has 0 bridgehead atoms. The highest BCUT2D eigenvalue weighted by Crippen LogP contribution is 2.35. The molecule has 12 heteroatoms. The van der Waals surface area contributed by atoms with Gasteiger partial charge in [0.15, 0.2) is 5.69 Å². The Bertz CT molecular complexity index is 1300. The van der Waals surface area contributed by atoms with Crippen LogP contribution in [0.3, 0.4) is 0 Å². The van der Waals surface area contributed by atoms with Crippen molar-refractivity contribution >= 4 is 11.9 Å². The van der Waals surface area contributed by atoms with Crippen LogP contribution in [-0.2, 0) is 11.0 Å². The van der Waals surface area contributed by atoms with Crippen LogP contribution in [0.15, 0.2) is 54.6 Å². The van der Waals surface area contributed by atoms with E-state index in [0.29, 0.717) is 0 Å². The number of benzene rings is 2. The molecule has 0 unspecified atom stereocenters. The summed E-state index contributed by atoms with van der Waals surface area (Å²) >= 11 is 0. The molecule has 1 aromatic heterocycles. The number of nitrogens with zero attached hydrogens (tertiary/aromatic N) is 2. The Labute approximate surface area is 215 Å². The van der Waals surface area contributed by atoms with Crippen LogP contribution in [-0.4, -0.2) is 44.1 Å². The van der Waals surface area contributed by atoms with Gasteiger partial charge >= 0.3 is 12.1 Å². The molecule has 0 aliphatic carbocycles. The molecular weight excluding hydrogens is 510 g/mol. The van der Waals surface area contributed by atoms with Crippen LogP contribution in [0.4, 0.5) is 17.6 Å². The van der Waals surface area contributed by atoms with Crippen molar-refractivity contribution in [2.24, 2.45) is 5.92 Å². The molecule has 0 saturated heterocycles. The van der Waals surface area contributed by atoms with Crippen LogP contribution >= 0.6 is 0 Å². The van der Waals surface area contributed by atoms with E-state index in [1.807, 2.05) is 0 Å². The summed E-state index contributed by atoms with van der Waals surface area (Å²) in [7, 11) is 0. The fourth-order valence-electron chi connectivity index (χ4n) is 3.47. The van der Waals surface area contributed by atoms with Crippen molar-refractivity contribution in [3.8, 4) is 11.6 Å². The number of amides is 1. The Hall–Kier alpha value is -3.93. The number of aliphatic carboxylic acids is 1. The number of alkyl halides is 3. The van der Waals surface area contributed by atoms with E-state index >= 15 is 0 Å². The third kappa shape index (κ3) is 6.68. The standard InChI is InChI=1S/C26H27F4N3O5/c1-15(2)25(3,37)14-38-22-12-20(32-33(22)21-11-7-6-10-18(21)27)24(36)31-19(13-23(34)35)16-8-4-5-9-17(16)26(28,29)30/h4-12,15,19,37H,13-14H2,1-3H3,(H,31,36)(H,34,35)/t19-,25+/m0/s1. The Morgan fingerprint density at radius 2 is 1.74 bits per heavy atom. The van der Waals surface area contributed by atoms with E-state index < -0.39 is 53.1 Å². The Morgan fingerprint density at radius 1 is 1.11 bits per heavy atom. The highest BCUT2D eigenvalue weighted by Gasteiger charge is 2.36. The van der Waals surface area contributed by atoms with Gasteiger partial charge < -0.3 is 20.3 Å². The number of nitrogens with one attached hydrogen (secondary N) is 1. The molecule has 2 aromatic carbocycles. The summed E-state index contributed by atoms with van der Waals surface area (Å²) < 4.78 is 62.0. The Morgan fingerprint density at radius 3 is 2.34 bits per heavy atom. The molecule has 0 fully saturated rings. The predicted molar refractivity (Wildman–Crippen MR) is 128 cm³/mol. The summed E-state index contributed by atoms with van der Waals surface area (Å²) in [6.07, 6.45) is -5.63. The van der Waals surface area contributed by atoms with E-state index in [-0.39, 0.29) is 29.8 Å². The third-order valence-corrected chi connectivity index (χ3v) is 6.07. The first kappa shape index (κ1) is 28.6. The van der Waals surface area contributed by atoms with Crippen LogP contribution in [0.25, 0.3) is 5.69 Å². The zero-order chi connectivity index (χ0) is 28.3. The van der Waals surface area contributed by atoms with Gasteiger partial charge in [-0.05, 0) is 36.6 Å². The van der Waals surface area contributed by atoms with Crippen molar-refractivity contribution in [1.82, 2.24) is 15.1 Å². The number of ether oxygens (including phenoxy) is 1. The van der Waals surface area contributed by atoms with Crippen molar-refractivity contribution in [2.75, 3.05) is 6.61 Å². The van der Waals surface area contributed by atoms with Crippen LogP contribution in [0, 0.1) is 11.7 Å². The molecule has 8 nitrogen and oxygen atoms in total. The molecule has 0 aliphatic rings. The normalized spacial score (nSPS) is 14.1. The number of carboxylic acids is 1. The number of hydrogen-bond acceptors (Lipinski definition) is 5. The van der Waals surface area contributed by atoms with E-state index in [4.69, 9.17) is 4.74 Å². The molecule has 3 N–H and O–H groups in total. The van der Waals surface area contributed by atoms with Crippen molar-refractivity contribution in [3.05, 3.63) is 77.2 Å². The summed E-state index contributed by atoms with van der Waals surface area (Å²) in [5.41, 5.74) is -3.28. The van der Waals surface area contributed by atoms with Crippen LogP contribution in [0.5, 0.6) is 5.88 Å². The minimum absolute atomic E-state index is 0.0877. The van der Waals surface area contributed by atoms with Gasteiger partial charge in [0.2, 0.25) is 5.88 Å². The maximum absolute atomic E-state index is 14.6. The lowest BCUT2D eigenvalue weighted by molar-refractivity contribution is -0.140. The van der Waals surface area contributed by atoms with E-state index in [2.05, 4.69) is 10.4 Å². The zero-order valence-electron chi connectivity index (χ0n) is 20.8. The molecule has 1 amide bonds. The van der Waals surface area contributed by atoms with E-state index in [1.54, 1.807) is 13.8 Å². The van der Waals surface area contributed by atoms with Gasteiger partial charge in [0.25, 0.3) is 5.91 Å². The number of carbonyl (C=O) groups is 2. The number of aromatic nitrogens is 2. The number of rotatable bonds is 10. The summed E-state index contributed by atoms with van der Waals surface area (Å²) in [6, 6.07) is 9.37. The van der Waals surface area contributed by atoms with Crippen molar-refractivity contribution in [3.63, 3.8) is 0 Å². The van der Waals surface area contributed by atoms with Crippen LogP contribution in [0.1, 0.15) is 54.8 Å². The topological polar surface area (TPSA) is 114 Å². The van der Waals surface area contributed by atoms with E-state index in [9.17, 15) is 37.4 Å². The lowest BCUT2D eigenvalue weighted by atomic mass is 9.94. The molecule has 204 valence electrons. The van der Waals surface area contributed by atoms with Crippen LogP contribution in [0.2, 0.25) is 0 Å². The SMILES string of the molecule is CC(C)[C@](C)(O)COc1cc(C(=O)N[C@@H](CC(=O)O)c2ccccc2C(F)(F)F)nn1-c1ccccc1F. The zero-order valence-corrected chi connectivity index (χ0v) is 20.8. The smallest absolute Gasteiger partial charge is 0.416 e. The fourth-order valence-corrected chi connectivity index (χ4v) is 3.47. The maximum Gasteiger partial charge on any atom is 0.416 e. The van der Waals surface area contributed by atoms with Crippen molar-refractivity contribution in [2.45, 2.75) is 45.0 Å². The number of para-hydroxylation sites is 1. The van der Waals surface area contributed by atoms with Gasteiger partial charge in [-0.15, -0.1) is 0 Å². The minimum Gasteiger partial charge on any atom is -0.481 e. The molecule has 38 heavy (non-hydrogen) atoms. The number of halogens is 4. The van der Waals surface area contributed by atoms with Crippen LogP contribution < -0.4 is 10.1 Å². The Balaban J connectivity index is 2.00. The van der Waals surface area contributed by atoms with Gasteiger partial charge in [0.1, 0.15) is 18.1 Å². The summed E-state index contributed by atoms with van der Waals surface area (Å²) in [4.78, 5) is 24.5. The number of hydrogen-bond donors (Lipinski definition) is 3. The fraction of sp³-hybridized carbons (Fsp3) is 0.346. The molecule has 3 rings (SSSR count). The highest BCUT2D eigenvalue weighted by molar-refractivity contribution is 5.93. The molecular formula is C26H27F4N3O5. The minimum atomic E-state index is -4.79. The number of carboxylic acid groups (broad SMARTS) is 1. The largest absolute Gasteiger partial charge is 0.481 e. The first-order valence-electron chi connectivity index (χ1n) is 11.6. The molecule has 0 aliphatic heterocycles. The molecule has 3 aromatic rings. The highest BCUT2D eigenvalue weighted by atomic mass is 19.4. The molecule has 0 radical (unpaired) electrons. The Kier molecular flexibility index (Phi) is 8.45. The first-order valence-corrected chi connectivity index (χ1v) is 11.6. The molecule has 0 spiro atoms. The average Bonchev–Trinajstić information content (AvgIpc) is 3.26. The monoisotopic (exact) mass is 537 g/mol. The third-order valence-electron chi connectivity index (χ3n) is 6.07. The molecule has 1 heterocycles. The molecule has 0 saturated carbocycles. The van der Waals surface area contributed by atoms with E-state index in [0.717, 1.165) is 35.0 Å².